The summed E-state index contributed by atoms with van der Waals surface area (Å²) in [5, 5.41) is 12.4. The van der Waals surface area contributed by atoms with Crippen LogP contribution in [0.25, 0.3) is 0 Å². The van der Waals surface area contributed by atoms with Crippen molar-refractivity contribution in [3.8, 4) is 5.75 Å². The average molecular weight is 263 g/mol. The maximum absolute atomic E-state index is 10.8. The van der Waals surface area contributed by atoms with E-state index in [9.17, 15) is 4.79 Å². The minimum absolute atomic E-state index is 0.000981. The normalized spacial score (nSPS) is 20.8. The maximum Gasteiger partial charge on any atom is 0.307 e. The Hall–Kier alpha value is -1.55. The number of carbonyl (C=O) groups is 1. The third kappa shape index (κ3) is 3.96. The molecule has 19 heavy (non-hydrogen) atoms. The van der Waals surface area contributed by atoms with E-state index in [1.54, 1.807) is 0 Å². The van der Waals surface area contributed by atoms with Crippen LogP contribution in [0.3, 0.4) is 0 Å². The standard InChI is InChI=1S/C15H21NO3/c1-11(13-7-4-5-9-16-13)19-14-8-3-2-6-12(14)10-15(17)18/h2-3,6,8,11,13,16H,4-5,7,9-10H2,1H3,(H,17,18). The first kappa shape index (κ1) is 13.9. The van der Waals surface area contributed by atoms with Crippen molar-refractivity contribution >= 4 is 5.97 Å². The average Bonchev–Trinajstić information content (AvgIpc) is 2.41. The second-order valence-electron chi connectivity index (χ2n) is 5.06. The number of rotatable bonds is 5. The number of carboxylic acid groups (broad SMARTS) is 1. The van der Waals surface area contributed by atoms with Gasteiger partial charge in [-0.3, -0.25) is 4.79 Å². The van der Waals surface area contributed by atoms with Crippen LogP contribution in [0, 0.1) is 0 Å². The molecule has 4 heteroatoms. The van der Waals surface area contributed by atoms with Crippen LogP contribution in [0.2, 0.25) is 0 Å². The monoisotopic (exact) mass is 263 g/mol. The number of benzene rings is 1. The molecule has 0 saturated carbocycles. The molecule has 2 rings (SSSR count). The Morgan fingerprint density at radius 3 is 2.95 bits per heavy atom. The van der Waals surface area contributed by atoms with E-state index in [0.29, 0.717) is 11.8 Å². The molecule has 1 fully saturated rings. The maximum atomic E-state index is 10.8. The van der Waals surface area contributed by atoms with Crippen molar-refractivity contribution in [1.82, 2.24) is 5.32 Å². The molecule has 2 atom stereocenters. The van der Waals surface area contributed by atoms with Gasteiger partial charge >= 0.3 is 5.97 Å². The summed E-state index contributed by atoms with van der Waals surface area (Å²) >= 11 is 0. The quantitative estimate of drug-likeness (QED) is 0.855. The SMILES string of the molecule is CC(Oc1ccccc1CC(=O)O)C1CCCCN1. The first-order chi connectivity index (χ1) is 9.16. The Morgan fingerprint density at radius 1 is 1.47 bits per heavy atom. The van der Waals surface area contributed by atoms with Gasteiger partial charge in [0.1, 0.15) is 11.9 Å². The van der Waals surface area contributed by atoms with Crippen LogP contribution in [0.1, 0.15) is 31.7 Å². The van der Waals surface area contributed by atoms with Crippen molar-refractivity contribution in [2.75, 3.05) is 6.54 Å². The number of hydrogen-bond donors (Lipinski definition) is 2. The van der Waals surface area contributed by atoms with E-state index >= 15 is 0 Å². The Labute approximate surface area is 113 Å². The van der Waals surface area contributed by atoms with Gasteiger partial charge in [0, 0.05) is 11.6 Å². The molecule has 0 amide bonds. The third-order valence-electron chi connectivity index (χ3n) is 3.54. The molecule has 0 aliphatic carbocycles. The van der Waals surface area contributed by atoms with Crippen molar-refractivity contribution < 1.29 is 14.6 Å². The predicted molar refractivity (Wildman–Crippen MR) is 73.5 cm³/mol. The van der Waals surface area contributed by atoms with Gasteiger partial charge in [-0.15, -0.1) is 0 Å². The van der Waals surface area contributed by atoms with E-state index in [4.69, 9.17) is 9.84 Å². The summed E-state index contributed by atoms with van der Waals surface area (Å²) < 4.78 is 5.96. The van der Waals surface area contributed by atoms with Gasteiger partial charge in [0.05, 0.1) is 6.42 Å². The smallest absolute Gasteiger partial charge is 0.307 e. The van der Waals surface area contributed by atoms with Gasteiger partial charge in [0.25, 0.3) is 0 Å². The van der Waals surface area contributed by atoms with Crippen LogP contribution >= 0.6 is 0 Å². The fourth-order valence-corrected chi connectivity index (χ4v) is 2.49. The fourth-order valence-electron chi connectivity index (χ4n) is 2.49. The molecular formula is C15H21NO3. The first-order valence-corrected chi connectivity index (χ1v) is 6.86. The lowest BCUT2D eigenvalue weighted by atomic mass is 10.0. The molecule has 0 aromatic heterocycles. The molecule has 4 nitrogen and oxygen atoms in total. The zero-order chi connectivity index (χ0) is 13.7. The van der Waals surface area contributed by atoms with E-state index in [0.717, 1.165) is 18.5 Å². The minimum atomic E-state index is -0.834. The molecule has 104 valence electrons. The summed E-state index contributed by atoms with van der Waals surface area (Å²) in [4.78, 5) is 10.8. The van der Waals surface area contributed by atoms with Crippen molar-refractivity contribution in [2.45, 2.75) is 44.8 Å². The molecule has 0 bridgehead atoms. The second-order valence-corrected chi connectivity index (χ2v) is 5.06. The van der Waals surface area contributed by atoms with E-state index in [2.05, 4.69) is 5.32 Å². The summed E-state index contributed by atoms with van der Waals surface area (Å²) in [7, 11) is 0. The molecule has 2 N–H and O–H groups in total. The highest BCUT2D eigenvalue weighted by Gasteiger charge is 2.21. The number of aliphatic carboxylic acids is 1. The molecule has 0 radical (unpaired) electrons. The Balaban J connectivity index is 2.02. The van der Waals surface area contributed by atoms with Crippen molar-refractivity contribution in [3.63, 3.8) is 0 Å². The van der Waals surface area contributed by atoms with Crippen LogP contribution in [0.5, 0.6) is 5.75 Å². The lowest BCUT2D eigenvalue weighted by Gasteiger charge is -2.29. The van der Waals surface area contributed by atoms with Crippen LogP contribution < -0.4 is 10.1 Å². The number of ether oxygens (including phenoxy) is 1. The number of hydrogen-bond acceptors (Lipinski definition) is 3. The number of nitrogens with one attached hydrogen (secondary N) is 1. The van der Waals surface area contributed by atoms with Gasteiger partial charge in [-0.25, -0.2) is 0 Å². The third-order valence-corrected chi connectivity index (χ3v) is 3.54. The predicted octanol–water partition coefficient (Wildman–Crippen LogP) is 2.22. The van der Waals surface area contributed by atoms with Crippen LogP contribution in [0.4, 0.5) is 0 Å². The fraction of sp³-hybridized carbons (Fsp3) is 0.533. The zero-order valence-corrected chi connectivity index (χ0v) is 11.3. The lowest BCUT2D eigenvalue weighted by molar-refractivity contribution is -0.136. The highest BCUT2D eigenvalue weighted by molar-refractivity contribution is 5.71. The second kappa shape index (κ2) is 6.57. The van der Waals surface area contributed by atoms with Gasteiger partial charge in [0.15, 0.2) is 0 Å². The topological polar surface area (TPSA) is 58.6 Å². The molecule has 2 unspecified atom stereocenters. The molecule has 0 spiro atoms. The summed E-state index contributed by atoms with van der Waals surface area (Å²) in [6.45, 7) is 3.08. The van der Waals surface area contributed by atoms with Gasteiger partial charge < -0.3 is 15.2 Å². The van der Waals surface area contributed by atoms with E-state index in [1.807, 2.05) is 31.2 Å². The molecule has 1 heterocycles. The van der Waals surface area contributed by atoms with Gasteiger partial charge in [-0.2, -0.15) is 0 Å². The van der Waals surface area contributed by atoms with Crippen LogP contribution in [-0.4, -0.2) is 29.8 Å². The molecule has 1 aromatic rings. The number of para-hydroxylation sites is 1. The van der Waals surface area contributed by atoms with Gasteiger partial charge in [0.2, 0.25) is 0 Å². The number of carboxylic acids is 1. The van der Waals surface area contributed by atoms with Crippen molar-refractivity contribution in [3.05, 3.63) is 29.8 Å². The molecule has 1 aliphatic heterocycles. The van der Waals surface area contributed by atoms with Crippen molar-refractivity contribution in [1.29, 1.82) is 0 Å². The lowest BCUT2D eigenvalue weighted by Crippen LogP contribution is -2.44. The van der Waals surface area contributed by atoms with E-state index in [-0.39, 0.29) is 12.5 Å². The summed E-state index contributed by atoms with van der Waals surface area (Å²) in [6.07, 6.45) is 3.61. The highest BCUT2D eigenvalue weighted by atomic mass is 16.5. The summed E-state index contributed by atoms with van der Waals surface area (Å²) in [5.41, 5.74) is 0.734. The Morgan fingerprint density at radius 2 is 2.26 bits per heavy atom. The Kier molecular flexibility index (Phi) is 4.80. The highest BCUT2D eigenvalue weighted by Crippen LogP contribution is 2.22. The zero-order valence-electron chi connectivity index (χ0n) is 11.3. The minimum Gasteiger partial charge on any atom is -0.489 e. The molecule has 1 aromatic carbocycles. The largest absolute Gasteiger partial charge is 0.489 e. The first-order valence-electron chi connectivity index (χ1n) is 6.86. The molecule has 1 aliphatic rings. The van der Waals surface area contributed by atoms with E-state index < -0.39 is 5.97 Å². The van der Waals surface area contributed by atoms with Crippen LogP contribution in [0.15, 0.2) is 24.3 Å². The van der Waals surface area contributed by atoms with Gasteiger partial charge in [-0.1, -0.05) is 24.6 Å². The Bertz CT molecular complexity index is 427. The summed E-state index contributed by atoms with van der Waals surface area (Å²) in [6, 6.07) is 7.73. The summed E-state index contributed by atoms with van der Waals surface area (Å²) in [5.74, 6) is -0.149. The molecular weight excluding hydrogens is 242 g/mol. The molecule has 1 saturated heterocycles. The van der Waals surface area contributed by atoms with Gasteiger partial charge in [-0.05, 0) is 32.4 Å². The number of piperidine rings is 1. The van der Waals surface area contributed by atoms with Crippen LogP contribution in [-0.2, 0) is 11.2 Å². The van der Waals surface area contributed by atoms with Crippen molar-refractivity contribution in [2.24, 2.45) is 0 Å². The van der Waals surface area contributed by atoms with E-state index in [1.165, 1.54) is 12.8 Å².